The number of ether oxygens (including phenoxy) is 1. The molecule has 0 unspecified atom stereocenters. The SMILES string of the molecule is CCOC(=O)C1=C(C)N2CCS(=O)(=O)N=C2S1. The van der Waals surface area contributed by atoms with E-state index >= 15 is 0 Å². The third-order valence-electron chi connectivity index (χ3n) is 2.41. The van der Waals surface area contributed by atoms with Gasteiger partial charge in [0.2, 0.25) is 0 Å². The summed E-state index contributed by atoms with van der Waals surface area (Å²) in [4.78, 5) is 13.8. The number of carbonyl (C=O) groups excluding carboxylic acids is 1. The summed E-state index contributed by atoms with van der Waals surface area (Å²) < 4.78 is 31.2. The van der Waals surface area contributed by atoms with Crippen LogP contribution in [0.5, 0.6) is 0 Å². The summed E-state index contributed by atoms with van der Waals surface area (Å²) >= 11 is 1.05. The minimum Gasteiger partial charge on any atom is -0.462 e. The van der Waals surface area contributed by atoms with Crippen molar-refractivity contribution in [3.05, 3.63) is 10.6 Å². The van der Waals surface area contributed by atoms with E-state index < -0.39 is 16.0 Å². The van der Waals surface area contributed by atoms with Gasteiger partial charge in [-0.2, -0.15) is 0 Å². The lowest BCUT2D eigenvalue weighted by Crippen LogP contribution is -2.34. The van der Waals surface area contributed by atoms with Gasteiger partial charge in [0.15, 0.2) is 5.17 Å². The minimum absolute atomic E-state index is 0.0233. The fraction of sp³-hybridized carbons (Fsp3) is 0.556. The molecule has 8 heteroatoms. The van der Waals surface area contributed by atoms with E-state index in [0.717, 1.165) is 11.8 Å². The van der Waals surface area contributed by atoms with Crippen LogP contribution in [0, 0.1) is 0 Å². The highest BCUT2D eigenvalue weighted by atomic mass is 32.2. The van der Waals surface area contributed by atoms with Crippen molar-refractivity contribution < 1.29 is 17.9 Å². The molecular weight excluding hydrogens is 264 g/mol. The lowest BCUT2D eigenvalue weighted by Gasteiger charge is -2.22. The molecule has 0 spiro atoms. The average Bonchev–Trinajstić information content (AvgIpc) is 2.54. The van der Waals surface area contributed by atoms with Crippen molar-refractivity contribution in [3.63, 3.8) is 0 Å². The number of esters is 1. The van der Waals surface area contributed by atoms with E-state index in [-0.39, 0.29) is 5.75 Å². The Morgan fingerprint density at radius 2 is 2.29 bits per heavy atom. The molecule has 0 radical (unpaired) electrons. The molecule has 2 rings (SSSR count). The first-order valence-corrected chi connectivity index (χ1v) is 7.53. The summed E-state index contributed by atoms with van der Waals surface area (Å²) in [5.41, 5.74) is 0.710. The molecule has 6 nitrogen and oxygen atoms in total. The zero-order valence-electron chi connectivity index (χ0n) is 9.47. The molecule has 0 aromatic heterocycles. The first kappa shape index (κ1) is 12.4. The van der Waals surface area contributed by atoms with Crippen LogP contribution in [-0.4, -0.2) is 43.4 Å². The Kier molecular flexibility index (Phi) is 3.17. The van der Waals surface area contributed by atoms with Crippen molar-refractivity contribution in [1.82, 2.24) is 4.90 Å². The average molecular weight is 276 g/mol. The van der Waals surface area contributed by atoms with Crippen LogP contribution in [0.25, 0.3) is 0 Å². The molecule has 0 atom stereocenters. The standard InChI is InChI=1S/C9H12N2O4S2/c1-3-15-8(12)7-6(2)11-4-5-17(13,14)10-9(11)16-7/h3-5H2,1-2H3. The molecular formula is C9H12N2O4S2. The Balaban J connectivity index is 2.30. The molecule has 0 bridgehead atoms. The van der Waals surface area contributed by atoms with Crippen LogP contribution in [0.2, 0.25) is 0 Å². The highest BCUT2D eigenvalue weighted by Crippen LogP contribution is 2.36. The smallest absolute Gasteiger partial charge is 0.346 e. The van der Waals surface area contributed by atoms with Crippen molar-refractivity contribution in [2.24, 2.45) is 4.40 Å². The Labute approximate surface area is 104 Å². The van der Waals surface area contributed by atoms with Gasteiger partial charge in [0.1, 0.15) is 4.91 Å². The third-order valence-corrected chi connectivity index (χ3v) is 4.83. The Morgan fingerprint density at radius 1 is 1.59 bits per heavy atom. The maximum absolute atomic E-state index is 11.6. The molecule has 0 aromatic rings. The fourth-order valence-corrected chi connectivity index (χ4v) is 3.83. The predicted octanol–water partition coefficient (Wildman–Crippen LogP) is 0.529. The largest absolute Gasteiger partial charge is 0.462 e. The van der Waals surface area contributed by atoms with Crippen molar-refractivity contribution >= 4 is 32.9 Å². The van der Waals surface area contributed by atoms with Crippen LogP contribution in [0.1, 0.15) is 13.8 Å². The van der Waals surface area contributed by atoms with E-state index in [1.165, 1.54) is 0 Å². The van der Waals surface area contributed by atoms with Crippen molar-refractivity contribution in [1.29, 1.82) is 0 Å². The van der Waals surface area contributed by atoms with E-state index in [1.807, 2.05) is 0 Å². The maximum atomic E-state index is 11.6. The van der Waals surface area contributed by atoms with Crippen LogP contribution < -0.4 is 0 Å². The number of rotatable bonds is 2. The quantitative estimate of drug-likeness (QED) is 0.685. The second kappa shape index (κ2) is 4.34. The molecule has 2 aliphatic rings. The Hall–Kier alpha value is -1.02. The summed E-state index contributed by atoms with van der Waals surface area (Å²) in [6.45, 7) is 4.12. The first-order valence-electron chi connectivity index (χ1n) is 5.10. The van der Waals surface area contributed by atoms with Crippen molar-refractivity contribution in [2.75, 3.05) is 18.9 Å². The number of carbonyl (C=O) groups is 1. The number of sulfonamides is 1. The minimum atomic E-state index is -3.38. The zero-order valence-corrected chi connectivity index (χ0v) is 11.1. The van der Waals surface area contributed by atoms with Crippen molar-refractivity contribution in [3.8, 4) is 0 Å². The fourth-order valence-electron chi connectivity index (χ4n) is 1.57. The maximum Gasteiger partial charge on any atom is 0.346 e. The predicted molar refractivity (Wildman–Crippen MR) is 64.9 cm³/mol. The van der Waals surface area contributed by atoms with Gasteiger partial charge in [-0.05, 0) is 25.6 Å². The second-order valence-corrected chi connectivity index (χ2v) is 6.28. The molecule has 0 aliphatic carbocycles. The molecule has 0 fully saturated rings. The van der Waals surface area contributed by atoms with Crippen LogP contribution >= 0.6 is 11.8 Å². The van der Waals surface area contributed by atoms with E-state index in [1.54, 1.807) is 18.7 Å². The topological polar surface area (TPSA) is 76.0 Å². The third kappa shape index (κ3) is 2.32. The number of nitrogens with zero attached hydrogens (tertiary/aromatic N) is 2. The lowest BCUT2D eigenvalue weighted by molar-refractivity contribution is -0.137. The number of fused-ring (bicyclic) bond motifs is 1. The summed E-state index contributed by atoms with van der Waals surface area (Å²) in [5, 5.41) is 0.344. The molecule has 0 amide bonds. The molecule has 94 valence electrons. The van der Waals surface area contributed by atoms with E-state index in [2.05, 4.69) is 4.40 Å². The molecule has 2 heterocycles. The van der Waals surface area contributed by atoms with Crippen LogP contribution in [0.4, 0.5) is 0 Å². The van der Waals surface area contributed by atoms with Gasteiger partial charge in [0, 0.05) is 12.2 Å². The number of thioether (sulfide) groups is 1. The van der Waals surface area contributed by atoms with Gasteiger partial charge in [0.25, 0.3) is 10.0 Å². The number of hydrogen-bond acceptors (Lipinski definition) is 6. The van der Waals surface area contributed by atoms with Crippen LogP contribution in [0.3, 0.4) is 0 Å². The highest BCUT2D eigenvalue weighted by molar-refractivity contribution is 8.18. The molecule has 0 N–H and O–H groups in total. The van der Waals surface area contributed by atoms with Gasteiger partial charge in [0.05, 0.1) is 12.4 Å². The van der Waals surface area contributed by atoms with Crippen LogP contribution in [0.15, 0.2) is 15.0 Å². The number of allylic oxidation sites excluding steroid dienone is 1. The van der Waals surface area contributed by atoms with E-state index in [0.29, 0.717) is 28.9 Å². The molecule has 0 aromatic carbocycles. The lowest BCUT2D eigenvalue weighted by atomic mass is 10.4. The normalized spacial score (nSPS) is 22.2. The Morgan fingerprint density at radius 3 is 2.94 bits per heavy atom. The molecule has 17 heavy (non-hydrogen) atoms. The van der Waals surface area contributed by atoms with Gasteiger partial charge in [-0.25, -0.2) is 13.2 Å². The number of amidine groups is 1. The van der Waals surface area contributed by atoms with Gasteiger partial charge < -0.3 is 9.64 Å². The highest BCUT2D eigenvalue weighted by Gasteiger charge is 2.36. The Bertz CT molecular complexity index is 521. The first-order chi connectivity index (χ1) is 7.94. The monoisotopic (exact) mass is 276 g/mol. The second-order valence-electron chi connectivity index (χ2n) is 3.55. The van der Waals surface area contributed by atoms with E-state index in [9.17, 15) is 13.2 Å². The summed E-state index contributed by atoms with van der Waals surface area (Å²) in [7, 11) is -3.38. The molecule has 2 aliphatic heterocycles. The van der Waals surface area contributed by atoms with Gasteiger partial charge in [-0.1, -0.05) is 0 Å². The van der Waals surface area contributed by atoms with E-state index in [4.69, 9.17) is 4.74 Å². The zero-order chi connectivity index (χ0) is 12.6. The summed E-state index contributed by atoms with van der Waals surface area (Å²) in [5.74, 6) is -0.450. The van der Waals surface area contributed by atoms with Gasteiger partial charge >= 0.3 is 5.97 Å². The summed E-state index contributed by atoms with van der Waals surface area (Å²) in [6, 6.07) is 0. The van der Waals surface area contributed by atoms with Crippen LogP contribution in [-0.2, 0) is 19.6 Å². The molecule has 0 saturated heterocycles. The molecule has 0 saturated carbocycles. The van der Waals surface area contributed by atoms with Crippen molar-refractivity contribution in [2.45, 2.75) is 13.8 Å². The van der Waals surface area contributed by atoms with Gasteiger partial charge in [-0.3, -0.25) is 0 Å². The summed E-state index contributed by atoms with van der Waals surface area (Å²) in [6.07, 6.45) is 0. The number of hydrogen-bond donors (Lipinski definition) is 0. The van der Waals surface area contributed by atoms with Gasteiger partial charge in [-0.15, -0.1) is 4.40 Å².